The Morgan fingerprint density at radius 2 is 1.84 bits per heavy atom. The van der Waals surface area contributed by atoms with Crippen molar-refractivity contribution in [1.29, 1.82) is 0 Å². The van der Waals surface area contributed by atoms with Gasteiger partial charge >= 0.3 is 12.2 Å². The molecule has 3 heterocycles. The highest BCUT2D eigenvalue weighted by molar-refractivity contribution is 6.01. The molecule has 4 N–H and O–H groups in total. The molecule has 13 heteroatoms. The van der Waals surface area contributed by atoms with E-state index < -0.39 is 29.3 Å². The number of carbonyl (C=O) groups excluding carboxylic acids is 1. The highest BCUT2D eigenvalue weighted by atomic mass is 19.4. The zero-order chi connectivity index (χ0) is 26.3. The molecule has 0 fully saturated rings. The molecule has 5 rings (SSSR count). The van der Waals surface area contributed by atoms with Crippen LogP contribution in [0.2, 0.25) is 0 Å². The third-order valence-electron chi connectivity index (χ3n) is 5.48. The summed E-state index contributed by atoms with van der Waals surface area (Å²) in [4.78, 5) is 16.4. The number of carbonyl (C=O) groups is 1. The minimum absolute atomic E-state index is 0.237. The van der Waals surface area contributed by atoms with Gasteiger partial charge in [-0.25, -0.2) is 18.7 Å². The Balaban J connectivity index is 1.42. The first-order valence-electron chi connectivity index (χ1n) is 10.7. The monoisotopic (exact) mass is 511 g/mol. The third kappa shape index (κ3) is 4.66. The van der Waals surface area contributed by atoms with Gasteiger partial charge in [-0.05, 0) is 42.8 Å². The molecule has 0 unspecified atom stereocenters. The van der Waals surface area contributed by atoms with E-state index in [4.69, 9.17) is 10.3 Å². The Morgan fingerprint density at radius 1 is 1.08 bits per heavy atom. The molecule has 0 bridgehead atoms. The summed E-state index contributed by atoms with van der Waals surface area (Å²) in [6.45, 7) is 1.76. The van der Waals surface area contributed by atoms with Crippen molar-refractivity contribution in [1.82, 2.24) is 19.8 Å². The largest absolute Gasteiger partial charge is 0.416 e. The van der Waals surface area contributed by atoms with Crippen LogP contribution in [0.3, 0.4) is 0 Å². The SMILES string of the molecule is Cc1cc(-c2cn3ncnc(N)c3c2-c2ccc(NC(=O)Nc3cc(C(F)(F)F)ccc3F)cc2)no1. The Hall–Kier alpha value is -4.94. The van der Waals surface area contributed by atoms with Gasteiger partial charge in [0.15, 0.2) is 5.82 Å². The quantitative estimate of drug-likeness (QED) is 0.264. The number of urea groups is 1. The number of benzene rings is 2. The Kier molecular flexibility index (Phi) is 5.74. The van der Waals surface area contributed by atoms with Crippen molar-refractivity contribution in [3.8, 4) is 22.4 Å². The molecule has 3 aromatic heterocycles. The van der Waals surface area contributed by atoms with Gasteiger partial charge in [-0.3, -0.25) is 0 Å². The van der Waals surface area contributed by atoms with Crippen molar-refractivity contribution in [3.63, 3.8) is 0 Å². The fraction of sp³-hybridized carbons (Fsp3) is 0.0833. The van der Waals surface area contributed by atoms with E-state index in [-0.39, 0.29) is 5.82 Å². The second-order valence-corrected chi connectivity index (χ2v) is 8.03. The van der Waals surface area contributed by atoms with E-state index in [1.54, 1.807) is 48.0 Å². The summed E-state index contributed by atoms with van der Waals surface area (Å²) in [7, 11) is 0. The van der Waals surface area contributed by atoms with E-state index in [9.17, 15) is 22.4 Å². The molecule has 5 aromatic rings. The van der Waals surface area contributed by atoms with Gasteiger partial charge in [-0.2, -0.15) is 18.3 Å². The van der Waals surface area contributed by atoms with Crippen LogP contribution in [-0.4, -0.2) is 25.8 Å². The molecule has 0 saturated heterocycles. The number of hydrogen-bond acceptors (Lipinski definition) is 6. The lowest BCUT2D eigenvalue weighted by molar-refractivity contribution is -0.137. The maximum Gasteiger partial charge on any atom is 0.416 e. The molecule has 0 spiro atoms. The van der Waals surface area contributed by atoms with Crippen LogP contribution in [0.25, 0.3) is 27.9 Å². The van der Waals surface area contributed by atoms with Gasteiger partial charge in [-0.15, -0.1) is 0 Å². The fourth-order valence-corrected chi connectivity index (χ4v) is 3.82. The standard InChI is InChI=1S/C24H17F4N7O2/c1-12-8-18(34-37-12)16-10-35-21(22(29)30-11-31-35)20(16)13-2-5-15(6-3-13)32-23(36)33-19-9-14(24(26,27)28)4-7-17(19)25/h2-11H,1H3,(H2,29,30,31)(H2,32,33,36). The molecule has 2 aromatic carbocycles. The summed E-state index contributed by atoms with van der Waals surface area (Å²) in [5.74, 6) is -0.159. The first-order valence-corrected chi connectivity index (χ1v) is 10.7. The van der Waals surface area contributed by atoms with Crippen LogP contribution >= 0.6 is 0 Å². The normalized spacial score (nSPS) is 11.6. The van der Waals surface area contributed by atoms with E-state index in [0.29, 0.717) is 57.5 Å². The number of amides is 2. The second kappa shape index (κ2) is 8.93. The van der Waals surface area contributed by atoms with Crippen molar-refractivity contribution < 1.29 is 26.9 Å². The topological polar surface area (TPSA) is 123 Å². The highest BCUT2D eigenvalue weighted by Gasteiger charge is 2.31. The number of nitrogens with one attached hydrogen (secondary N) is 2. The molecule has 9 nitrogen and oxygen atoms in total. The van der Waals surface area contributed by atoms with Crippen LogP contribution in [0.1, 0.15) is 11.3 Å². The number of alkyl halides is 3. The molecule has 0 aliphatic rings. The van der Waals surface area contributed by atoms with E-state index in [1.165, 1.54) is 6.33 Å². The summed E-state index contributed by atoms with van der Waals surface area (Å²) >= 11 is 0. The average molecular weight is 511 g/mol. The maximum atomic E-state index is 14.0. The number of fused-ring (bicyclic) bond motifs is 1. The summed E-state index contributed by atoms with van der Waals surface area (Å²) < 4.78 is 59.5. The minimum atomic E-state index is -4.68. The Labute approximate surface area is 205 Å². The van der Waals surface area contributed by atoms with Gasteiger partial charge in [0.05, 0.1) is 11.3 Å². The first kappa shape index (κ1) is 23.8. The molecule has 0 aliphatic heterocycles. The van der Waals surface area contributed by atoms with Crippen LogP contribution < -0.4 is 16.4 Å². The van der Waals surface area contributed by atoms with Crippen molar-refractivity contribution >= 4 is 28.7 Å². The summed E-state index contributed by atoms with van der Waals surface area (Å²) in [6, 6.07) is 9.12. The zero-order valence-corrected chi connectivity index (χ0v) is 19.0. The van der Waals surface area contributed by atoms with Gasteiger partial charge in [0, 0.05) is 29.1 Å². The highest BCUT2D eigenvalue weighted by Crippen LogP contribution is 2.38. The number of anilines is 3. The number of aromatic nitrogens is 4. The summed E-state index contributed by atoms with van der Waals surface area (Å²) in [6.07, 6.45) is -1.62. The second-order valence-electron chi connectivity index (χ2n) is 8.03. The molecule has 2 amide bonds. The van der Waals surface area contributed by atoms with Crippen LogP contribution in [0.4, 0.5) is 39.5 Å². The molecular formula is C24H17F4N7O2. The number of halogens is 4. The van der Waals surface area contributed by atoms with Gasteiger partial charge in [0.2, 0.25) is 0 Å². The zero-order valence-electron chi connectivity index (χ0n) is 19.0. The van der Waals surface area contributed by atoms with Crippen LogP contribution in [0, 0.1) is 12.7 Å². The molecule has 0 atom stereocenters. The van der Waals surface area contributed by atoms with Crippen molar-refractivity contribution in [2.45, 2.75) is 13.1 Å². The van der Waals surface area contributed by atoms with Gasteiger partial charge in [-0.1, -0.05) is 17.3 Å². The van der Waals surface area contributed by atoms with Crippen molar-refractivity contribution in [3.05, 3.63) is 78.2 Å². The van der Waals surface area contributed by atoms with Crippen molar-refractivity contribution in [2.24, 2.45) is 0 Å². The van der Waals surface area contributed by atoms with Gasteiger partial charge < -0.3 is 20.9 Å². The number of nitrogens with zero attached hydrogens (tertiary/aromatic N) is 4. The van der Waals surface area contributed by atoms with E-state index in [2.05, 4.69) is 25.9 Å². The molecule has 0 radical (unpaired) electrons. The fourth-order valence-electron chi connectivity index (χ4n) is 3.82. The third-order valence-corrected chi connectivity index (χ3v) is 5.48. The molecule has 188 valence electrons. The first-order chi connectivity index (χ1) is 17.6. The predicted octanol–water partition coefficient (Wildman–Crippen LogP) is 5.74. The lowest BCUT2D eigenvalue weighted by Crippen LogP contribution is -2.20. The Bertz CT molecular complexity index is 1620. The van der Waals surface area contributed by atoms with Crippen LogP contribution in [-0.2, 0) is 6.18 Å². The summed E-state index contributed by atoms with van der Waals surface area (Å²) in [5.41, 5.74) is 7.88. The van der Waals surface area contributed by atoms with E-state index >= 15 is 0 Å². The van der Waals surface area contributed by atoms with Crippen molar-refractivity contribution in [2.75, 3.05) is 16.4 Å². The van der Waals surface area contributed by atoms with Gasteiger partial charge in [0.1, 0.15) is 29.1 Å². The lowest BCUT2D eigenvalue weighted by atomic mass is 10.0. The number of aryl methyl sites for hydroxylation is 1. The van der Waals surface area contributed by atoms with E-state index in [0.717, 1.165) is 0 Å². The summed E-state index contributed by atoms with van der Waals surface area (Å²) in [5, 5.41) is 12.9. The number of nitrogen functional groups attached to an aromatic ring is 1. The molecule has 0 aliphatic carbocycles. The average Bonchev–Trinajstić information content (AvgIpc) is 3.44. The molecule has 0 saturated carbocycles. The van der Waals surface area contributed by atoms with E-state index in [1.807, 2.05) is 0 Å². The van der Waals surface area contributed by atoms with Crippen LogP contribution in [0.15, 0.2) is 65.6 Å². The van der Waals surface area contributed by atoms with Gasteiger partial charge in [0.25, 0.3) is 0 Å². The number of nitrogens with two attached hydrogens (primary N) is 1. The molecular weight excluding hydrogens is 494 g/mol. The predicted molar refractivity (Wildman–Crippen MR) is 127 cm³/mol. The van der Waals surface area contributed by atoms with Crippen LogP contribution in [0.5, 0.6) is 0 Å². The lowest BCUT2D eigenvalue weighted by Gasteiger charge is -2.12. The minimum Gasteiger partial charge on any atom is -0.382 e. The smallest absolute Gasteiger partial charge is 0.382 e. The number of rotatable bonds is 4. The molecule has 37 heavy (non-hydrogen) atoms. The number of hydrogen-bond donors (Lipinski definition) is 3. The Morgan fingerprint density at radius 3 is 2.51 bits per heavy atom. The maximum absolute atomic E-state index is 14.0.